The number of rotatable bonds is 5. The van der Waals surface area contributed by atoms with E-state index in [4.69, 9.17) is 4.74 Å². The predicted molar refractivity (Wildman–Crippen MR) is 96.6 cm³/mol. The summed E-state index contributed by atoms with van der Waals surface area (Å²) in [7, 11) is -1.37. The van der Waals surface area contributed by atoms with Gasteiger partial charge in [-0.2, -0.15) is 0 Å². The zero-order valence-electron chi connectivity index (χ0n) is 15.1. The molecular weight excluding hydrogens is 342 g/mol. The Hall–Kier alpha value is -1.22. The van der Waals surface area contributed by atoms with Crippen molar-refractivity contribution in [1.29, 1.82) is 0 Å². The zero-order chi connectivity index (χ0) is 18.2. The van der Waals surface area contributed by atoms with Gasteiger partial charge in [0.15, 0.2) is 15.3 Å². The molecule has 7 nitrogen and oxygen atoms in total. The number of methoxy groups -OCH3 is 1. The van der Waals surface area contributed by atoms with Crippen LogP contribution in [0.1, 0.15) is 16.8 Å². The van der Waals surface area contributed by atoms with Crippen LogP contribution in [0.4, 0.5) is 0 Å². The van der Waals surface area contributed by atoms with Gasteiger partial charge >= 0.3 is 0 Å². The number of ether oxygens (including phenoxy) is 1. The molecule has 25 heavy (non-hydrogen) atoms. The molecule has 0 aromatic carbocycles. The molecule has 3 rings (SSSR count). The normalized spacial score (nSPS) is 26.7. The molecular formula is C17H27N3O4S. The second-order valence-corrected chi connectivity index (χ2v) is 9.27. The number of piperazine rings is 1. The minimum absolute atomic E-state index is 0.00590. The van der Waals surface area contributed by atoms with Crippen molar-refractivity contribution in [2.24, 2.45) is 0 Å². The minimum Gasteiger partial charge on any atom is -0.383 e. The standard InChI is InChI=1S/C17H27N3O4S/c1-12-8-18-14(13(2)17(12)21)9-20-5-4-19(6-7-24-3)15-10-25(22,23)11-16(15)20/h8,15-16H,4-7,9-11H2,1-3H3,(H,18,21). The van der Waals surface area contributed by atoms with Crippen molar-refractivity contribution in [3.63, 3.8) is 0 Å². The topological polar surface area (TPSA) is 82.7 Å². The smallest absolute Gasteiger partial charge is 0.187 e. The van der Waals surface area contributed by atoms with Crippen molar-refractivity contribution in [2.45, 2.75) is 32.5 Å². The summed E-state index contributed by atoms with van der Waals surface area (Å²) in [4.78, 5) is 19.8. The number of hydrogen-bond acceptors (Lipinski definition) is 6. The summed E-state index contributed by atoms with van der Waals surface area (Å²) in [6, 6.07) is -0.0220. The molecule has 0 saturated carbocycles. The molecule has 2 unspecified atom stereocenters. The van der Waals surface area contributed by atoms with Crippen molar-refractivity contribution in [1.82, 2.24) is 14.8 Å². The Kier molecular flexibility index (Phi) is 5.34. The lowest BCUT2D eigenvalue weighted by Crippen LogP contribution is -2.59. The van der Waals surface area contributed by atoms with E-state index < -0.39 is 9.84 Å². The second-order valence-electron chi connectivity index (χ2n) is 7.12. The van der Waals surface area contributed by atoms with Gasteiger partial charge in [0.2, 0.25) is 0 Å². The van der Waals surface area contributed by atoms with Crippen LogP contribution in [-0.4, -0.2) is 80.1 Å². The maximum atomic E-state index is 12.2. The molecule has 0 amide bonds. The average molecular weight is 369 g/mol. The van der Waals surface area contributed by atoms with Gasteiger partial charge in [-0.1, -0.05) is 0 Å². The summed E-state index contributed by atoms with van der Waals surface area (Å²) >= 11 is 0. The lowest BCUT2D eigenvalue weighted by molar-refractivity contribution is 0.0246. The van der Waals surface area contributed by atoms with E-state index in [1.807, 2.05) is 6.92 Å². The molecule has 0 aliphatic carbocycles. The molecule has 2 atom stereocenters. The molecule has 2 aliphatic heterocycles. The van der Waals surface area contributed by atoms with Crippen LogP contribution in [0.2, 0.25) is 0 Å². The summed E-state index contributed by atoms with van der Waals surface area (Å²) in [6.45, 7) is 7.17. The van der Waals surface area contributed by atoms with Crippen LogP contribution in [0.25, 0.3) is 0 Å². The molecule has 8 heteroatoms. The van der Waals surface area contributed by atoms with E-state index in [0.717, 1.165) is 30.9 Å². The van der Waals surface area contributed by atoms with Crippen LogP contribution in [-0.2, 0) is 21.1 Å². The summed E-state index contributed by atoms with van der Waals surface area (Å²) in [5, 5.41) is 0. The molecule has 1 N–H and O–H groups in total. The third kappa shape index (κ3) is 3.81. The Bertz CT molecular complexity index is 790. The van der Waals surface area contributed by atoms with Crippen molar-refractivity contribution in [3.05, 3.63) is 33.2 Å². The number of pyridine rings is 1. The predicted octanol–water partition coefficient (Wildman–Crippen LogP) is -0.0787. The van der Waals surface area contributed by atoms with E-state index in [9.17, 15) is 13.2 Å². The summed E-state index contributed by atoms with van der Waals surface area (Å²) in [6.07, 6.45) is 1.74. The Morgan fingerprint density at radius 3 is 2.52 bits per heavy atom. The van der Waals surface area contributed by atoms with E-state index in [1.165, 1.54) is 0 Å². The summed E-state index contributed by atoms with van der Waals surface area (Å²) in [5.74, 6) is 0.400. The highest BCUT2D eigenvalue weighted by Crippen LogP contribution is 2.28. The third-order valence-electron chi connectivity index (χ3n) is 5.46. The van der Waals surface area contributed by atoms with E-state index in [1.54, 1.807) is 20.2 Å². The van der Waals surface area contributed by atoms with E-state index >= 15 is 0 Å². The van der Waals surface area contributed by atoms with Gasteiger partial charge < -0.3 is 9.72 Å². The Balaban J connectivity index is 1.81. The quantitative estimate of drug-likeness (QED) is 0.782. The van der Waals surface area contributed by atoms with Gasteiger partial charge in [-0.05, 0) is 13.8 Å². The van der Waals surface area contributed by atoms with Crippen LogP contribution in [0.15, 0.2) is 11.0 Å². The largest absolute Gasteiger partial charge is 0.383 e. The van der Waals surface area contributed by atoms with Gasteiger partial charge in [0, 0.05) is 68.4 Å². The molecule has 1 aromatic rings. The molecule has 1 aromatic heterocycles. The fourth-order valence-corrected chi connectivity index (χ4v) is 5.99. The zero-order valence-corrected chi connectivity index (χ0v) is 15.9. The highest BCUT2D eigenvalue weighted by Gasteiger charge is 2.46. The molecule has 140 valence electrons. The van der Waals surface area contributed by atoms with Gasteiger partial charge in [0.25, 0.3) is 0 Å². The number of sulfone groups is 1. The third-order valence-corrected chi connectivity index (χ3v) is 7.16. The number of fused-ring (bicyclic) bond motifs is 1. The number of H-pyrrole nitrogens is 1. The van der Waals surface area contributed by atoms with Gasteiger partial charge in [-0.3, -0.25) is 14.6 Å². The number of nitrogens with zero attached hydrogens (tertiary/aromatic N) is 2. The maximum absolute atomic E-state index is 12.2. The monoisotopic (exact) mass is 369 g/mol. The fourth-order valence-electron chi connectivity index (χ4n) is 3.95. The first kappa shape index (κ1) is 18.6. The molecule has 2 saturated heterocycles. The van der Waals surface area contributed by atoms with Gasteiger partial charge in [0.1, 0.15) is 0 Å². The van der Waals surface area contributed by atoms with Crippen LogP contribution in [0.3, 0.4) is 0 Å². The lowest BCUT2D eigenvalue weighted by atomic mass is 10.0. The minimum atomic E-state index is -3.03. The number of aryl methyl sites for hydroxylation is 1. The first-order valence-electron chi connectivity index (χ1n) is 8.67. The molecule has 2 aliphatic rings. The highest BCUT2D eigenvalue weighted by atomic mass is 32.2. The molecule has 0 bridgehead atoms. The summed E-state index contributed by atoms with van der Waals surface area (Å²) in [5.41, 5.74) is 2.36. The van der Waals surface area contributed by atoms with Crippen LogP contribution in [0, 0.1) is 13.8 Å². The van der Waals surface area contributed by atoms with Gasteiger partial charge in [0.05, 0.1) is 18.1 Å². The Labute approximate surface area is 148 Å². The number of aromatic nitrogens is 1. The molecule has 3 heterocycles. The van der Waals surface area contributed by atoms with E-state index in [-0.39, 0.29) is 29.0 Å². The van der Waals surface area contributed by atoms with Crippen molar-refractivity contribution in [2.75, 3.05) is 44.9 Å². The van der Waals surface area contributed by atoms with Gasteiger partial charge in [-0.15, -0.1) is 0 Å². The van der Waals surface area contributed by atoms with Crippen molar-refractivity contribution >= 4 is 9.84 Å². The lowest BCUT2D eigenvalue weighted by Gasteiger charge is -2.44. The first-order valence-corrected chi connectivity index (χ1v) is 10.5. The SMILES string of the molecule is COCCN1CCN(Cc2[nH]cc(C)c(=O)c2C)C2CS(=O)(=O)CC21. The Morgan fingerprint density at radius 1 is 1.20 bits per heavy atom. The molecule has 2 fully saturated rings. The van der Waals surface area contributed by atoms with Crippen LogP contribution >= 0.6 is 0 Å². The second kappa shape index (κ2) is 7.19. The van der Waals surface area contributed by atoms with E-state index in [2.05, 4.69) is 14.8 Å². The van der Waals surface area contributed by atoms with E-state index in [0.29, 0.717) is 18.7 Å². The van der Waals surface area contributed by atoms with Crippen LogP contribution in [0.5, 0.6) is 0 Å². The Morgan fingerprint density at radius 2 is 1.84 bits per heavy atom. The van der Waals surface area contributed by atoms with Crippen molar-refractivity contribution < 1.29 is 13.2 Å². The first-order chi connectivity index (χ1) is 11.8. The van der Waals surface area contributed by atoms with Crippen LogP contribution < -0.4 is 5.43 Å². The average Bonchev–Trinajstić information content (AvgIpc) is 2.90. The summed E-state index contributed by atoms with van der Waals surface area (Å²) < 4.78 is 29.6. The number of hydrogen-bond donors (Lipinski definition) is 1. The van der Waals surface area contributed by atoms with Gasteiger partial charge in [-0.25, -0.2) is 8.42 Å². The highest BCUT2D eigenvalue weighted by molar-refractivity contribution is 7.91. The molecule has 0 radical (unpaired) electrons. The number of nitrogens with one attached hydrogen (secondary N) is 1. The fraction of sp³-hybridized carbons (Fsp3) is 0.706. The maximum Gasteiger partial charge on any atom is 0.187 e. The number of aromatic amines is 1. The molecule has 0 spiro atoms. The van der Waals surface area contributed by atoms with Crippen molar-refractivity contribution in [3.8, 4) is 0 Å².